The van der Waals surface area contributed by atoms with E-state index in [2.05, 4.69) is 21.2 Å². The molecule has 0 radical (unpaired) electrons. The maximum Gasteiger partial charge on any atom is 0.307 e. The number of carbonyl (C=O) groups excluding carboxylic acids is 1. The first-order valence-corrected chi connectivity index (χ1v) is 7.49. The van der Waals surface area contributed by atoms with Gasteiger partial charge in [-0.1, -0.05) is 6.42 Å². The lowest BCUT2D eigenvalue weighted by molar-refractivity contribution is -0.146. The highest BCUT2D eigenvalue weighted by molar-refractivity contribution is 9.10. The highest BCUT2D eigenvalue weighted by Crippen LogP contribution is 2.32. The molecule has 1 aliphatic rings. The SMILES string of the molecule is O=C(O)C1CCCC1C(=O)NCc1sccc1Br. The Morgan fingerprint density at radius 2 is 2.17 bits per heavy atom. The molecule has 18 heavy (non-hydrogen) atoms. The molecule has 6 heteroatoms. The smallest absolute Gasteiger partial charge is 0.307 e. The van der Waals surface area contributed by atoms with Crippen molar-refractivity contribution >= 4 is 39.1 Å². The van der Waals surface area contributed by atoms with E-state index in [0.717, 1.165) is 15.8 Å². The quantitative estimate of drug-likeness (QED) is 0.891. The molecule has 1 amide bonds. The Labute approximate surface area is 118 Å². The van der Waals surface area contributed by atoms with Crippen LogP contribution in [0.4, 0.5) is 0 Å². The molecular formula is C12H14BrNO3S. The van der Waals surface area contributed by atoms with Crippen molar-refractivity contribution in [3.05, 3.63) is 20.8 Å². The summed E-state index contributed by atoms with van der Waals surface area (Å²) in [6, 6.07) is 1.93. The summed E-state index contributed by atoms with van der Waals surface area (Å²) in [7, 11) is 0. The third kappa shape index (κ3) is 2.92. The molecule has 98 valence electrons. The van der Waals surface area contributed by atoms with Crippen molar-refractivity contribution in [2.75, 3.05) is 0 Å². The Kier molecular flexibility index (Phi) is 4.40. The maximum atomic E-state index is 12.0. The van der Waals surface area contributed by atoms with E-state index >= 15 is 0 Å². The molecule has 1 aliphatic carbocycles. The highest BCUT2D eigenvalue weighted by Gasteiger charge is 2.37. The second kappa shape index (κ2) is 5.84. The Hall–Kier alpha value is -0.880. The molecule has 2 N–H and O–H groups in total. The Morgan fingerprint density at radius 1 is 1.44 bits per heavy atom. The van der Waals surface area contributed by atoms with Crippen LogP contribution in [0.5, 0.6) is 0 Å². The fraction of sp³-hybridized carbons (Fsp3) is 0.500. The minimum atomic E-state index is -0.857. The summed E-state index contributed by atoms with van der Waals surface area (Å²) in [5, 5.41) is 13.8. The standard InChI is InChI=1S/C12H14BrNO3S/c13-9-4-5-18-10(9)6-14-11(15)7-2-1-3-8(7)12(16)17/h4-5,7-8H,1-3,6H2,(H,14,15)(H,16,17). The van der Waals surface area contributed by atoms with Crippen LogP contribution in [0.25, 0.3) is 0 Å². The zero-order valence-corrected chi connectivity index (χ0v) is 12.1. The Morgan fingerprint density at radius 3 is 2.78 bits per heavy atom. The van der Waals surface area contributed by atoms with E-state index in [1.807, 2.05) is 11.4 Å². The number of carboxylic acids is 1. The van der Waals surface area contributed by atoms with Crippen molar-refractivity contribution in [3.63, 3.8) is 0 Å². The summed E-state index contributed by atoms with van der Waals surface area (Å²) in [6.07, 6.45) is 2.10. The lowest BCUT2D eigenvalue weighted by Gasteiger charge is -2.15. The van der Waals surface area contributed by atoms with Gasteiger partial charge in [-0.2, -0.15) is 0 Å². The molecule has 0 aliphatic heterocycles. The summed E-state index contributed by atoms with van der Waals surface area (Å²) in [6.45, 7) is 0.458. The zero-order valence-electron chi connectivity index (χ0n) is 9.69. The van der Waals surface area contributed by atoms with E-state index in [9.17, 15) is 9.59 Å². The van der Waals surface area contributed by atoms with E-state index in [4.69, 9.17) is 5.11 Å². The third-order valence-corrected chi connectivity index (χ3v) is 5.21. The number of nitrogens with one attached hydrogen (secondary N) is 1. The number of hydrogen-bond donors (Lipinski definition) is 2. The molecule has 0 bridgehead atoms. The van der Waals surface area contributed by atoms with Crippen LogP contribution in [0, 0.1) is 11.8 Å². The average molecular weight is 332 g/mol. The molecule has 1 aromatic heterocycles. The maximum absolute atomic E-state index is 12.0. The molecule has 1 heterocycles. The van der Waals surface area contributed by atoms with Gasteiger partial charge in [0.25, 0.3) is 0 Å². The number of carbonyl (C=O) groups is 2. The lowest BCUT2D eigenvalue weighted by Crippen LogP contribution is -2.34. The summed E-state index contributed by atoms with van der Waals surface area (Å²) in [5.41, 5.74) is 0. The molecule has 1 aromatic rings. The number of hydrogen-bond acceptors (Lipinski definition) is 3. The van der Waals surface area contributed by atoms with Gasteiger partial charge in [-0.3, -0.25) is 9.59 Å². The highest BCUT2D eigenvalue weighted by atomic mass is 79.9. The fourth-order valence-electron chi connectivity index (χ4n) is 2.32. The molecule has 2 atom stereocenters. The van der Waals surface area contributed by atoms with Gasteiger partial charge in [-0.15, -0.1) is 11.3 Å². The molecule has 4 nitrogen and oxygen atoms in total. The van der Waals surface area contributed by atoms with Crippen LogP contribution in [0.15, 0.2) is 15.9 Å². The van der Waals surface area contributed by atoms with Gasteiger partial charge >= 0.3 is 5.97 Å². The van der Waals surface area contributed by atoms with Crippen LogP contribution >= 0.6 is 27.3 Å². The fourth-order valence-corrected chi connectivity index (χ4v) is 3.75. The average Bonchev–Trinajstić information content (AvgIpc) is 2.94. The Bertz CT molecular complexity index is 460. The van der Waals surface area contributed by atoms with Gasteiger partial charge in [0.1, 0.15) is 0 Å². The van der Waals surface area contributed by atoms with Crippen LogP contribution in [-0.2, 0) is 16.1 Å². The second-order valence-corrected chi connectivity index (χ2v) is 6.25. The lowest BCUT2D eigenvalue weighted by atomic mass is 9.95. The topological polar surface area (TPSA) is 66.4 Å². The second-order valence-electron chi connectivity index (χ2n) is 4.39. The normalized spacial score (nSPS) is 22.9. The molecule has 0 aromatic carbocycles. The monoisotopic (exact) mass is 331 g/mol. The summed E-state index contributed by atoms with van der Waals surface area (Å²) < 4.78 is 0.981. The first-order valence-electron chi connectivity index (χ1n) is 5.82. The number of thiophene rings is 1. The van der Waals surface area contributed by atoms with E-state index < -0.39 is 11.9 Å². The molecule has 0 spiro atoms. The van der Waals surface area contributed by atoms with Gasteiger partial charge in [0.2, 0.25) is 5.91 Å². The number of carboxylic acid groups (broad SMARTS) is 1. The third-order valence-electron chi connectivity index (χ3n) is 3.28. The van der Waals surface area contributed by atoms with Crippen LogP contribution in [0.1, 0.15) is 24.1 Å². The molecule has 1 saturated carbocycles. The number of aliphatic carboxylic acids is 1. The van der Waals surface area contributed by atoms with Gasteiger partial charge in [-0.05, 0) is 40.2 Å². The summed E-state index contributed by atoms with van der Waals surface area (Å²) in [5.74, 6) is -1.89. The summed E-state index contributed by atoms with van der Waals surface area (Å²) >= 11 is 4.96. The predicted octanol–water partition coefficient (Wildman–Crippen LogP) is 2.63. The number of halogens is 1. The first kappa shape index (κ1) is 13.5. The van der Waals surface area contributed by atoms with Crippen LogP contribution in [-0.4, -0.2) is 17.0 Å². The zero-order chi connectivity index (χ0) is 13.1. The van der Waals surface area contributed by atoms with Crippen molar-refractivity contribution in [1.82, 2.24) is 5.32 Å². The Balaban J connectivity index is 1.92. The van der Waals surface area contributed by atoms with Gasteiger partial charge in [0.15, 0.2) is 0 Å². The van der Waals surface area contributed by atoms with E-state index in [-0.39, 0.29) is 11.8 Å². The van der Waals surface area contributed by atoms with E-state index in [0.29, 0.717) is 19.4 Å². The van der Waals surface area contributed by atoms with Crippen LogP contribution in [0.3, 0.4) is 0 Å². The number of amides is 1. The molecule has 1 fully saturated rings. The van der Waals surface area contributed by atoms with Gasteiger partial charge in [-0.25, -0.2) is 0 Å². The minimum Gasteiger partial charge on any atom is -0.481 e. The predicted molar refractivity (Wildman–Crippen MR) is 72.3 cm³/mol. The van der Waals surface area contributed by atoms with Gasteiger partial charge < -0.3 is 10.4 Å². The largest absolute Gasteiger partial charge is 0.481 e. The van der Waals surface area contributed by atoms with Crippen LogP contribution < -0.4 is 5.32 Å². The van der Waals surface area contributed by atoms with E-state index in [1.165, 1.54) is 0 Å². The van der Waals surface area contributed by atoms with Gasteiger partial charge in [0.05, 0.1) is 18.4 Å². The van der Waals surface area contributed by atoms with Gasteiger partial charge in [0, 0.05) is 9.35 Å². The molecular weight excluding hydrogens is 318 g/mol. The van der Waals surface area contributed by atoms with Crippen LogP contribution in [0.2, 0.25) is 0 Å². The molecule has 2 rings (SSSR count). The first-order chi connectivity index (χ1) is 8.59. The minimum absolute atomic E-state index is 0.139. The molecule has 2 unspecified atom stereocenters. The summed E-state index contributed by atoms with van der Waals surface area (Å²) in [4.78, 5) is 24.0. The molecule has 0 saturated heterocycles. The van der Waals surface area contributed by atoms with Crippen molar-refractivity contribution in [2.45, 2.75) is 25.8 Å². The van der Waals surface area contributed by atoms with E-state index in [1.54, 1.807) is 11.3 Å². The van der Waals surface area contributed by atoms with Crippen molar-refractivity contribution in [3.8, 4) is 0 Å². The number of rotatable bonds is 4. The van der Waals surface area contributed by atoms with Crippen molar-refractivity contribution in [2.24, 2.45) is 11.8 Å². The van der Waals surface area contributed by atoms with Crippen molar-refractivity contribution in [1.29, 1.82) is 0 Å². The van der Waals surface area contributed by atoms with Crippen molar-refractivity contribution < 1.29 is 14.7 Å².